The zero-order chi connectivity index (χ0) is 19.2. The van der Waals surface area contributed by atoms with Gasteiger partial charge in [0.2, 0.25) is 5.91 Å². The summed E-state index contributed by atoms with van der Waals surface area (Å²) in [6, 6.07) is 15.5. The highest BCUT2D eigenvalue weighted by Crippen LogP contribution is 2.21. The lowest BCUT2D eigenvalue weighted by Gasteiger charge is -2.34. The third kappa shape index (κ3) is 6.40. The Bertz CT molecular complexity index is 765. The zero-order valence-electron chi connectivity index (χ0n) is 16.1. The van der Waals surface area contributed by atoms with Crippen molar-refractivity contribution in [3.05, 3.63) is 64.7 Å². The van der Waals surface area contributed by atoms with Crippen LogP contribution in [-0.2, 0) is 17.8 Å². The smallest absolute Gasteiger partial charge is 0.227 e. The molecule has 152 valence electrons. The minimum atomic E-state index is 0. The van der Waals surface area contributed by atoms with Gasteiger partial charge in [-0.05, 0) is 61.1 Å². The summed E-state index contributed by atoms with van der Waals surface area (Å²) in [5.41, 5.74) is 8.05. The van der Waals surface area contributed by atoms with Gasteiger partial charge in [-0.1, -0.05) is 35.9 Å². The molecule has 0 aliphatic carbocycles. The van der Waals surface area contributed by atoms with Crippen LogP contribution in [0, 0.1) is 5.92 Å². The second-order valence-corrected chi connectivity index (χ2v) is 7.78. The lowest BCUT2D eigenvalue weighted by molar-refractivity contribution is -0.132. The van der Waals surface area contributed by atoms with Gasteiger partial charge in [0.25, 0.3) is 0 Å². The van der Waals surface area contributed by atoms with Crippen molar-refractivity contribution in [2.75, 3.05) is 13.1 Å². The molecule has 1 aliphatic rings. The van der Waals surface area contributed by atoms with E-state index in [2.05, 4.69) is 0 Å². The van der Waals surface area contributed by atoms with Crippen molar-refractivity contribution in [1.29, 1.82) is 0 Å². The molecule has 0 saturated carbocycles. The van der Waals surface area contributed by atoms with Crippen LogP contribution in [0.1, 0.15) is 30.9 Å². The first-order valence-electron chi connectivity index (χ1n) is 9.51. The van der Waals surface area contributed by atoms with Crippen molar-refractivity contribution in [2.24, 2.45) is 11.7 Å². The van der Waals surface area contributed by atoms with Crippen molar-refractivity contribution in [1.82, 2.24) is 4.90 Å². The van der Waals surface area contributed by atoms with Crippen molar-refractivity contribution in [2.45, 2.75) is 38.8 Å². The van der Waals surface area contributed by atoms with E-state index >= 15 is 0 Å². The Labute approximate surface area is 178 Å². The third-order valence-corrected chi connectivity index (χ3v) is 5.38. The standard InChI is InChI=1S/C22H27ClN2O2.ClH/c1-16(24)19-5-3-11-25(14-19)22(26)13-18-4-2-6-21(12-18)27-15-17-7-9-20(23)10-8-17;/h2,4,6-10,12,16,19H,3,5,11,13-15,24H2,1H3;1H. The van der Waals surface area contributed by atoms with Gasteiger partial charge < -0.3 is 15.4 Å². The molecule has 1 heterocycles. The quantitative estimate of drug-likeness (QED) is 0.746. The first-order chi connectivity index (χ1) is 13.0. The van der Waals surface area contributed by atoms with Crippen LogP contribution >= 0.6 is 24.0 Å². The van der Waals surface area contributed by atoms with Crippen LogP contribution in [-0.4, -0.2) is 29.9 Å². The Morgan fingerprint density at radius 3 is 2.71 bits per heavy atom. The van der Waals surface area contributed by atoms with E-state index in [1.165, 1.54) is 0 Å². The van der Waals surface area contributed by atoms with Gasteiger partial charge >= 0.3 is 0 Å². The van der Waals surface area contributed by atoms with Crippen LogP contribution in [0.25, 0.3) is 0 Å². The number of halogens is 2. The summed E-state index contributed by atoms with van der Waals surface area (Å²) >= 11 is 5.90. The fourth-order valence-corrected chi connectivity index (χ4v) is 3.57. The second-order valence-electron chi connectivity index (χ2n) is 7.34. The van der Waals surface area contributed by atoms with Crippen molar-refractivity contribution < 1.29 is 9.53 Å². The average molecular weight is 423 g/mol. The molecule has 6 heteroatoms. The molecule has 2 atom stereocenters. The first-order valence-corrected chi connectivity index (χ1v) is 9.88. The molecule has 2 N–H and O–H groups in total. The second kappa shape index (κ2) is 10.7. The van der Waals surface area contributed by atoms with Gasteiger partial charge in [0.05, 0.1) is 6.42 Å². The molecule has 1 fully saturated rings. The Kier molecular flexibility index (Phi) is 8.61. The maximum Gasteiger partial charge on any atom is 0.227 e. The highest BCUT2D eigenvalue weighted by Gasteiger charge is 2.25. The molecule has 1 aliphatic heterocycles. The molecule has 3 rings (SSSR count). The lowest BCUT2D eigenvalue weighted by Crippen LogP contribution is -2.45. The van der Waals surface area contributed by atoms with Gasteiger partial charge in [-0.25, -0.2) is 0 Å². The maximum atomic E-state index is 12.7. The number of amides is 1. The molecule has 28 heavy (non-hydrogen) atoms. The molecular weight excluding hydrogens is 395 g/mol. The van der Waals surface area contributed by atoms with E-state index < -0.39 is 0 Å². The number of carbonyl (C=O) groups is 1. The molecule has 2 unspecified atom stereocenters. The molecule has 2 aromatic carbocycles. The zero-order valence-corrected chi connectivity index (χ0v) is 17.7. The van der Waals surface area contributed by atoms with E-state index in [-0.39, 0.29) is 24.4 Å². The Hall–Kier alpha value is -1.75. The summed E-state index contributed by atoms with van der Waals surface area (Å²) in [6.07, 6.45) is 2.53. The Morgan fingerprint density at radius 1 is 1.25 bits per heavy atom. The predicted molar refractivity (Wildman–Crippen MR) is 116 cm³/mol. The molecular formula is C22H28Cl2N2O2. The minimum absolute atomic E-state index is 0. The Morgan fingerprint density at radius 2 is 2.00 bits per heavy atom. The monoisotopic (exact) mass is 422 g/mol. The van der Waals surface area contributed by atoms with Crippen LogP contribution in [0.3, 0.4) is 0 Å². The number of piperidine rings is 1. The number of nitrogens with zero attached hydrogens (tertiary/aromatic N) is 1. The number of ether oxygens (including phenoxy) is 1. The number of benzene rings is 2. The normalized spacial score (nSPS) is 17.5. The summed E-state index contributed by atoms with van der Waals surface area (Å²) < 4.78 is 5.86. The summed E-state index contributed by atoms with van der Waals surface area (Å²) in [7, 11) is 0. The van der Waals surface area contributed by atoms with Crippen LogP contribution in [0.5, 0.6) is 5.75 Å². The molecule has 0 aromatic heterocycles. The van der Waals surface area contributed by atoms with E-state index in [0.29, 0.717) is 24.0 Å². The molecule has 1 saturated heterocycles. The molecule has 0 radical (unpaired) electrons. The van der Waals surface area contributed by atoms with Gasteiger partial charge in [-0.2, -0.15) is 0 Å². The fourth-order valence-electron chi connectivity index (χ4n) is 3.44. The SMILES string of the molecule is CC(N)C1CCCN(C(=O)Cc2cccc(OCc3ccc(Cl)cc3)c2)C1.Cl. The van der Waals surface area contributed by atoms with E-state index in [4.69, 9.17) is 22.1 Å². The highest BCUT2D eigenvalue weighted by atomic mass is 35.5. The van der Waals surface area contributed by atoms with Gasteiger partial charge in [0.15, 0.2) is 0 Å². The Balaban J connectivity index is 0.00000280. The number of carbonyl (C=O) groups excluding carboxylic acids is 1. The summed E-state index contributed by atoms with van der Waals surface area (Å²) in [5.74, 6) is 1.33. The number of hydrogen-bond donors (Lipinski definition) is 1. The summed E-state index contributed by atoms with van der Waals surface area (Å²) in [5, 5.41) is 0.711. The third-order valence-electron chi connectivity index (χ3n) is 5.13. The van der Waals surface area contributed by atoms with Crippen molar-refractivity contribution >= 4 is 29.9 Å². The van der Waals surface area contributed by atoms with Crippen LogP contribution in [0.2, 0.25) is 5.02 Å². The van der Waals surface area contributed by atoms with E-state index in [0.717, 1.165) is 42.8 Å². The fraction of sp³-hybridized carbons (Fsp3) is 0.409. The lowest BCUT2D eigenvalue weighted by atomic mass is 9.92. The molecule has 4 nitrogen and oxygen atoms in total. The summed E-state index contributed by atoms with van der Waals surface area (Å²) in [4.78, 5) is 14.6. The first kappa shape index (κ1) is 22.5. The molecule has 0 bridgehead atoms. The van der Waals surface area contributed by atoms with Gasteiger partial charge in [0, 0.05) is 24.2 Å². The number of nitrogens with two attached hydrogens (primary N) is 1. The highest BCUT2D eigenvalue weighted by molar-refractivity contribution is 6.30. The van der Waals surface area contributed by atoms with Crippen molar-refractivity contribution in [3.63, 3.8) is 0 Å². The number of rotatable bonds is 6. The predicted octanol–water partition coefficient (Wildman–Crippen LogP) is 4.47. The van der Waals surface area contributed by atoms with E-state index in [1.807, 2.05) is 60.4 Å². The minimum Gasteiger partial charge on any atom is -0.489 e. The number of likely N-dealkylation sites (tertiary alicyclic amines) is 1. The van der Waals surface area contributed by atoms with Crippen molar-refractivity contribution in [3.8, 4) is 5.75 Å². The van der Waals surface area contributed by atoms with E-state index in [1.54, 1.807) is 0 Å². The topological polar surface area (TPSA) is 55.6 Å². The number of hydrogen-bond acceptors (Lipinski definition) is 3. The molecule has 1 amide bonds. The largest absolute Gasteiger partial charge is 0.489 e. The summed E-state index contributed by atoms with van der Waals surface area (Å²) in [6.45, 7) is 4.09. The van der Waals surface area contributed by atoms with Crippen LogP contribution in [0.15, 0.2) is 48.5 Å². The maximum absolute atomic E-state index is 12.7. The van der Waals surface area contributed by atoms with Gasteiger partial charge in [-0.3, -0.25) is 4.79 Å². The molecule has 0 spiro atoms. The van der Waals surface area contributed by atoms with Gasteiger partial charge in [-0.15, -0.1) is 12.4 Å². The van der Waals surface area contributed by atoms with Crippen LogP contribution < -0.4 is 10.5 Å². The van der Waals surface area contributed by atoms with Gasteiger partial charge in [0.1, 0.15) is 12.4 Å². The molecule has 2 aromatic rings. The van der Waals surface area contributed by atoms with E-state index in [9.17, 15) is 4.79 Å². The van der Waals surface area contributed by atoms with Crippen LogP contribution in [0.4, 0.5) is 0 Å². The average Bonchev–Trinajstić information content (AvgIpc) is 2.68.